The van der Waals surface area contributed by atoms with Crippen LogP contribution in [0.4, 0.5) is 8.78 Å². The van der Waals surface area contributed by atoms with Crippen molar-refractivity contribution in [3.8, 4) is 11.5 Å². The average Bonchev–Trinajstić information content (AvgIpc) is 3.15. The van der Waals surface area contributed by atoms with Gasteiger partial charge in [-0.05, 0) is 43.3 Å². The third kappa shape index (κ3) is 3.84. The van der Waals surface area contributed by atoms with E-state index in [1.54, 1.807) is 60.8 Å². The first-order chi connectivity index (χ1) is 14.5. The molecule has 0 radical (unpaired) electrons. The number of alkyl halides is 2. The highest BCUT2D eigenvalue weighted by Crippen LogP contribution is 2.30. The van der Waals surface area contributed by atoms with Gasteiger partial charge in [-0.15, -0.1) is 0 Å². The fraction of sp³-hybridized carbons (Fsp3) is 0.136. The van der Waals surface area contributed by atoms with E-state index in [0.717, 1.165) is 4.57 Å². The summed E-state index contributed by atoms with van der Waals surface area (Å²) in [6.45, 7) is -1.32. The Morgan fingerprint density at radius 1 is 1.03 bits per heavy atom. The maximum atomic E-state index is 13.7. The molecule has 0 saturated heterocycles. The summed E-state index contributed by atoms with van der Waals surface area (Å²) in [6.07, 6.45) is 2.10. The third-order valence-electron chi connectivity index (χ3n) is 4.43. The number of para-hydroxylation sites is 3. The van der Waals surface area contributed by atoms with Crippen molar-refractivity contribution in [2.24, 2.45) is 0 Å². The number of carbonyl (C=O) groups is 1. The Balaban J connectivity index is 1.61. The standard InChI is InChI=1S/C22H17F2N3O3/c1-14(20-26-17-9-3-4-10-18(17)27(20)22(23)24)29-21(28)16-8-2-5-11-19(16)30-15-7-6-12-25-13-15/h2-14,22H,1H3. The highest BCUT2D eigenvalue weighted by molar-refractivity contribution is 5.92. The van der Waals surface area contributed by atoms with E-state index >= 15 is 0 Å². The molecule has 1 unspecified atom stereocenters. The second kappa shape index (κ2) is 8.28. The van der Waals surface area contributed by atoms with Gasteiger partial charge in [-0.2, -0.15) is 8.78 Å². The van der Waals surface area contributed by atoms with E-state index in [0.29, 0.717) is 11.3 Å². The molecule has 4 aromatic rings. The fourth-order valence-electron chi connectivity index (χ4n) is 3.09. The number of nitrogens with zero attached hydrogens (tertiary/aromatic N) is 3. The molecule has 152 valence electrons. The zero-order valence-corrected chi connectivity index (χ0v) is 15.9. The summed E-state index contributed by atoms with van der Waals surface area (Å²) in [5.41, 5.74) is 0.828. The minimum absolute atomic E-state index is 0.0368. The van der Waals surface area contributed by atoms with Crippen LogP contribution in [-0.2, 0) is 4.74 Å². The topological polar surface area (TPSA) is 66.2 Å². The van der Waals surface area contributed by atoms with Gasteiger partial charge in [-0.25, -0.2) is 9.78 Å². The van der Waals surface area contributed by atoms with E-state index in [2.05, 4.69) is 9.97 Å². The first kappa shape index (κ1) is 19.5. The number of pyridine rings is 1. The molecule has 1 atom stereocenters. The van der Waals surface area contributed by atoms with Gasteiger partial charge < -0.3 is 9.47 Å². The number of rotatable bonds is 6. The number of hydrogen-bond donors (Lipinski definition) is 0. The molecule has 4 rings (SSSR count). The summed E-state index contributed by atoms with van der Waals surface area (Å²) in [6, 6.07) is 16.4. The molecular formula is C22H17F2N3O3. The van der Waals surface area contributed by atoms with Gasteiger partial charge in [0.15, 0.2) is 11.9 Å². The van der Waals surface area contributed by atoms with Gasteiger partial charge in [0.2, 0.25) is 0 Å². The van der Waals surface area contributed by atoms with Gasteiger partial charge >= 0.3 is 12.5 Å². The number of halogens is 2. The van der Waals surface area contributed by atoms with Crippen LogP contribution in [-0.4, -0.2) is 20.5 Å². The summed E-state index contributed by atoms with van der Waals surface area (Å²) in [4.78, 5) is 21.0. The van der Waals surface area contributed by atoms with Crippen LogP contribution in [0.15, 0.2) is 73.1 Å². The van der Waals surface area contributed by atoms with Crippen LogP contribution in [0.2, 0.25) is 0 Å². The highest BCUT2D eigenvalue weighted by Gasteiger charge is 2.25. The van der Waals surface area contributed by atoms with Crippen molar-refractivity contribution in [3.05, 3.63) is 84.4 Å². The van der Waals surface area contributed by atoms with Crippen LogP contribution in [0.3, 0.4) is 0 Å². The van der Waals surface area contributed by atoms with Crippen molar-refractivity contribution in [1.29, 1.82) is 0 Å². The second-order valence-corrected chi connectivity index (χ2v) is 6.44. The molecule has 8 heteroatoms. The first-order valence-corrected chi connectivity index (χ1v) is 9.17. The molecule has 2 heterocycles. The maximum absolute atomic E-state index is 13.7. The molecule has 0 fully saturated rings. The molecule has 0 aliphatic rings. The summed E-state index contributed by atoms with van der Waals surface area (Å²) in [7, 11) is 0. The lowest BCUT2D eigenvalue weighted by molar-refractivity contribution is 0.0231. The number of esters is 1. The summed E-state index contributed by atoms with van der Waals surface area (Å²) < 4.78 is 39.3. The molecule has 0 N–H and O–H groups in total. The molecule has 2 aromatic carbocycles. The fourth-order valence-corrected chi connectivity index (χ4v) is 3.09. The molecule has 0 aliphatic carbocycles. The van der Waals surface area contributed by atoms with Crippen molar-refractivity contribution >= 4 is 17.0 Å². The van der Waals surface area contributed by atoms with E-state index < -0.39 is 18.6 Å². The van der Waals surface area contributed by atoms with Gasteiger partial charge in [-0.1, -0.05) is 24.3 Å². The van der Waals surface area contributed by atoms with Crippen molar-refractivity contribution in [3.63, 3.8) is 0 Å². The van der Waals surface area contributed by atoms with Crippen molar-refractivity contribution in [2.75, 3.05) is 0 Å². The second-order valence-electron chi connectivity index (χ2n) is 6.44. The minimum Gasteiger partial charge on any atom is -0.455 e. The van der Waals surface area contributed by atoms with E-state index in [1.807, 2.05) is 0 Å². The number of carbonyl (C=O) groups excluding carboxylic acids is 1. The summed E-state index contributed by atoms with van der Waals surface area (Å²) in [5.74, 6) is -0.0320. The third-order valence-corrected chi connectivity index (χ3v) is 4.43. The molecule has 0 bridgehead atoms. The average molecular weight is 409 g/mol. The van der Waals surface area contributed by atoms with Crippen molar-refractivity contribution in [2.45, 2.75) is 19.6 Å². The Kier molecular flexibility index (Phi) is 5.38. The van der Waals surface area contributed by atoms with Crippen LogP contribution in [0, 0.1) is 0 Å². The van der Waals surface area contributed by atoms with Crippen molar-refractivity contribution < 1.29 is 23.0 Å². The Bertz CT molecular complexity index is 1180. The molecule has 2 aromatic heterocycles. The quantitative estimate of drug-likeness (QED) is 0.391. The summed E-state index contributed by atoms with van der Waals surface area (Å²) >= 11 is 0. The van der Waals surface area contributed by atoms with E-state index in [4.69, 9.17) is 9.47 Å². The van der Waals surface area contributed by atoms with Crippen LogP contribution in [0.5, 0.6) is 11.5 Å². The normalized spacial score (nSPS) is 12.1. The van der Waals surface area contributed by atoms with E-state index in [9.17, 15) is 13.6 Å². The lowest BCUT2D eigenvalue weighted by atomic mass is 10.2. The first-order valence-electron chi connectivity index (χ1n) is 9.17. The Morgan fingerprint density at radius 3 is 2.57 bits per heavy atom. The van der Waals surface area contributed by atoms with Gasteiger partial charge in [0.1, 0.15) is 17.1 Å². The van der Waals surface area contributed by atoms with E-state index in [-0.39, 0.29) is 22.7 Å². The predicted molar refractivity (Wildman–Crippen MR) is 106 cm³/mol. The van der Waals surface area contributed by atoms with E-state index in [1.165, 1.54) is 19.2 Å². The number of benzene rings is 2. The molecule has 0 amide bonds. The molecule has 0 aliphatic heterocycles. The largest absolute Gasteiger partial charge is 0.455 e. The van der Waals surface area contributed by atoms with Gasteiger partial charge in [0.05, 0.1) is 17.2 Å². The zero-order chi connectivity index (χ0) is 21.1. The minimum atomic E-state index is -2.82. The predicted octanol–water partition coefficient (Wildman–Crippen LogP) is 5.54. The lowest BCUT2D eigenvalue weighted by Gasteiger charge is -2.16. The van der Waals surface area contributed by atoms with Gasteiger partial charge in [0.25, 0.3) is 0 Å². The Hall–Kier alpha value is -3.81. The van der Waals surface area contributed by atoms with Crippen molar-refractivity contribution in [1.82, 2.24) is 14.5 Å². The smallest absolute Gasteiger partial charge is 0.342 e. The number of hydrogen-bond acceptors (Lipinski definition) is 5. The monoisotopic (exact) mass is 409 g/mol. The molecule has 30 heavy (non-hydrogen) atoms. The number of fused-ring (bicyclic) bond motifs is 1. The SMILES string of the molecule is CC(OC(=O)c1ccccc1Oc1cccnc1)c1nc2ccccc2n1C(F)F. The molecular weight excluding hydrogens is 392 g/mol. The maximum Gasteiger partial charge on any atom is 0.342 e. The van der Waals surface area contributed by atoms with Crippen LogP contribution in [0.1, 0.15) is 35.8 Å². The number of ether oxygens (including phenoxy) is 2. The molecule has 0 spiro atoms. The molecule has 6 nitrogen and oxygen atoms in total. The molecule has 0 saturated carbocycles. The van der Waals surface area contributed by atoms with Crippen LogP contribution < -0.4 is 4.74 Å². The van der Waals surface area contributed by atoms with Gasteiger partial charge in [-0.3, -0.25) is 9.55 Å². The zero-order valence-electron chi connectivity index (χ0n) is 15.9. The Morgan fingerprint density at radius 2 is 1.80 bits per heavy atom. The number of imidazole rings is 1. The van der Waals surface area contributed by atoms with Crippen LogP contribution >= 0.6 is 0 Å². The summed E-state index contributed by atoms with van der Waals surface area (Å²) in [5, 5.41) is 0. The lowest BCUT2D eigenvalue weighted by Crippen LogP contribution is -2.15. The Labute approximate surface area is 170 Å². The number of aromatic nitrogens is 3. The highest BCUT2D eigenvalue weighted by atomic mass is 19.3. The van der Waals surface area contributed by atoms with Crippen LogP contribution in [0.25, 0.3) is 11.0 Å². The van der Waals surface area contributed by atoms with Gasteiger partial charge in [0, 0.05) is 6.20 Å².